The molecule has 8 heteroatoms. The van der Waals surface area contributed by atoms with E-state index in [1.54, 1.807) is 33.7 Å². The Bertz CT molecular complexity index is 1350. The van der Waals surface area contributed by atoms with Crippen LogP contribution in [0.5, 0.6) is 0 Å². The molecule has 7 atom stereocenters. The molecule has 0 radical (unpaired) electrons. The molecule has 3 unspecified atom stereocenters. The number of rotatable bonds is 14. The van der Waals surface area contributed by atoms with Crippen molar-refractivity contribution < 1.29 is 19.5 Å². The van der Waals surface area contributed by atoms with E-state index in [1.165, 1.54) is 0 Å². The van der Waals surface area contributed by atoms with Gasteiger partial charge in [-0.25, -0.2) is 0 Å². The summed E-state index contributed by atoms with van der Waals surface area (Å²) in [5.74, 6) is -1.60. The Labute approximate surface area is 266 Å². The quantitative estimate of drug-likeness (QED) is 0.295. The number of carbonyl (C=O) groups excluding carboxylic acids is 3. The maximum Gasteiger partial charge on any atom is 0.247 e. The number of thioether (sulfide) groups is 1. The molecule has 234 valence electrons. The highest BCUT2D eigenvalue weighted by Gasteiger charge is 2.74. The first-order valence-corrected chi connectivity index (χ1v) is 16.7. The van der Waals surface area contributed by atoms with Crippen molar-refractivity contribution in [3.05, 3.63) is 97.1 Å². The minimum absolute atomic E-state index is 0.0443. The number of likely N-dealkylation sites (tertiary alicyclic amines) is 1. The molecule has 0 aliphatic carbocycles. The van der Waals surface area contributed by atoms with Gasteiger partial charge in [0, 0.05) is 30.9 Å². The highest BCUT2D eigenvalue weighted by atomic mass is 32.2. The van der Waals surface area contributed by atoms with E-state index in [1.807, 2.05) is 72.5 Å². The van der Waals surface area contributed by atoms with Crippen LogP contribution in [0.3, 0.4) is 0 Å². The molecule has 2 aromatic carbocycles. The van der Waals surface area contributed by atoms with Gasteiger partial charge in [0.2, 0.25) is 17.7 Å². The first kappa shape index (κ1) is 32.0. The van der Waals surface area contributed by atoms with Crippen molar-refractivity contribution in [3.8, 4) is 0 Å². The van der Waals surface area contributed by atoms with Crippen molar-refractivity contribution in [1.82, 2.24) is 14.7 Å². The summed E-state index contributed by atoms with van der Waals surface area (Å²) in [5.41, 5.74) is 1.78. The van der Waals surface area contributed by atoms with E-state index in [9.17, 15) is 19.5 Å². The fourth-order valence-electron chi connectivity index (χ4n) is 7.78. The predicted octanol–water partition coefficient (Wildman–Crippen LogP) is 5.23. The Hall–Kier alpha value is -3.36. The van der Waals surface area contributed by atoms with Gasteiger partial charge in [-0.3, -0.25) is 14.4 Å². The molecule has 7 nitrogen and oxygen atoms in total. The smallest absolute Gasteiger partial charge is 0.247 e. The molecule has 3 fully saturated rings. The van der Waals surface area contributed by atoms with Gasteiger partial charge in [-0.15, -0.1) is 24.9 Å². The highest BCUT2D eigenvalue weighted by molar-refractivity contribution is 8.02. The molecule has 2 aromatic rings. The van der Waals surface area contributed by atoms with Gasteiger partial charge in [-0.05, 0) is 37.3 Å². The number of aliphatic hydroxyl groups excluding tert-OH is 1. The second-order valence-corrected chi connectivity index (χ2v) is 13.9. The average Bonchev–Trinajstić information content (AvgIpc) is 3.68. The second kappa shape index (κ2) is 13.7. The summed E-state index contributed by atoms with van der Waals surface area (Å²) in [5, 5.41) is 10.7. The SMILES string of the molecule is C=CCN(Cc1ccccc1)C(=O)[C@@H]1[C@@H]2CCC3(S2)C(C(=O)N(CC=C)C(C)CCC)N([C@H](CO)c2ccccc2)C(=O)[C@H]13. The van der Waals surface area contributed by atoms with Gasteiger partial charge < -0.3 is 19.8 Å². The Balaban J connectivity index is 1.58. The largest absolute Gasteiger partial charge is 0.394 e. The topological polar surface area (TPSA) is 81.2 Å². The van der Waals surface area contributed by atoms with Crippen molar-refractivity contribution in [2.24, 2.45) is 11.8 Å². The third-order valence-electron chi connectivity index (χ3n) is 9.67. The zero-order valence-corrected chi connectivity index (χ0v) is 26.7. The van der Waals surface area contributed by atoms with Crippen molar-refractivity contribution in [2.45, 2.75) is 74.2 Å². The van der Waals surface area contributed by atoms with Crippen LogP contribution in [0.1, 0.15) is 56.7 Å². The van der Waals surface area contributed by atoms with Crippen LogP contribution >= 0.6 is 11.8 Å². The maximum absolute atomic E-state index is 14.8. The minimum atomic E-state index is -0.800. The lowest BCUT2D eigenvalue weighted by Crippen LogP contribution is -2.57. The first-order chi connectivity index (χ1) is 21.3. The van der Waals surface area contributed by atoms with Gasteiger partial charge >= 0.3 is 0 Å². The van der Waals surface area contributed by atoms with E-state index in [4.69, 9.17) is 0 Å². The minimum Gasteiger partial charge on any atom is -0.394 e. The normalized spacial score (nSPS) is 26.6. The van der Waals surface area contributed by atoms with Gasteiger partial charge in [0.25, 0.3) is 0 Å². The molecule has 1 N–H and O–H groups in total. The fraction of sp³-hybridized carbons (Fsp3) is 0.472. The van der Waals surface area contributed by atoms with E-state index in [2.05, 4.69) is 20.1 Å². The molecule has 0 saturated carbocycles. The summed E-state index contributed by atoms with van der Waals surface area (Å²) in [6, 6.07) is 17.7. The number of carbonyl (C=O) groups is 3. The summed E-state index contributed by atoms with van der Waals surface area (Å²) in [6.07, 6.45) is 6.64. The molecule has 44 heavy (non-hydrogen) atoms. The Morgan fingerprint density at radius 2 is 1.73 bits per heavy atom. The van der Waals surface area contributed by atoms with Crippen LogP contribution in [0, 0.1) is 11.8 Å². The molecule has 0 aromatic heterocycles. The van der Waals surface area contributed by atoms with Crippen LogP contribution in [0.25, 0.3) is 0 Å². The molecule has 3 saturated heterocycles. The van der Waals surface area contributed by atoms with E-state index >= 15 is 0 Å². The highest BCUT2D eigenvalue weighted by Crippen LogP contribution is 2.67. The number of amides is 3. The van der Waals surface area contributed by atoms with Gasteiger partial charge in [0.1, 0.15) is 6.04 Å². The number of hydrogen-bond acceptors (Lipinski definition) is 5. The summed E-state index contributed by atoms with van der Waals surface area (Å²) in [6.45, 7) is 12.8. The van der Waals surface area contributed by atoms with Crippen molar-refractivity contribution in [2.75, 3.05) is 19.7 Å². The molecule has 3 aliphatic rings. The van der Waals surface area contributed by atoms with E-state index in [0.717, 1.165) is 30.4 Å². The van der Waals surface area contributed by atoms with Crippen molar-refractivity contribution in [3.63, 3.8) is 0 Å². The number of nitrogens with zero attached hydrogens (tertiary/aromatic N) is 3. The molecular weight excluding hydrogens is 570 g/mol. The van der Waals surface area contributed by atoms with E-state index in [-0.39, 0.29) is 35.6 Å². The van der Waals surface area contributed by atoms with Crippen molar-refractivity contribution in [1.29, 1.82) is 0 Å². The number of benzene rings is 2. The summed E-state index contributed by atoms with van der Waals surface area (Å²) in [7, 11) is 0. The van der Waals surface area contributed by atoms with Crippen LogP contribution in [-0.4, -0.2) is 79.3 Å². The fourth-order valence-corrected chi connectivity index (χ4v) is 9.97. The lowest BCUT2D eigenvalue weighted by Gasteiger charge is -2.41. The Kier molecular flexibility index (Phi) is 10.0. The molecular formula is C36H45N3O4S. The number of fused-ring (bicyclic) bond motifs is 1. The van der Waals surface area contributed by atoms with E-state index < -0.39 is 28.7 Å². The predicted molar refractivity (Wildman–Crippen MR) is 176 cm³/mol. The average molecular weight is 616 g/mol. The molecule has 5 rings (SSSR count). The zero-order valence-electron chi connectivity index (χ0n) is 25.9. The molecule has 3 amide bonds. The van der Waals surface area contributed by atoms with Gasteiger partial charge in [-0.2, -0.15) is 0 Å². The monoisotopic (exact) mass is 615 g/mol. The standard InChI is InChI=1S/C36H45N3O4S/c1-5-14-25(4)38(22-7-3)35(43)32-36-20-19-29(44-36)30(33(41)37(21-6-2)23-26-15-10-8-11-16-26)31(36)34(42)39(32)28(24-40)27-17-12-9-13-18-27/h6-13,15-18,25,28-32,40H,2-3,5,14,19-24H2,1,4H3/t25?,28-,29+,30-,31+,32?,36?/m1/s1. The van der Waals surface area contributed by atoms with Crippen molar-refractivity contribution >= 4 is 29.5 Å². The maximum atomic E-state index is 14.8. The van der Waals surface area contributed by atoms with Gasteiger partial charge in [0.15, 0.2) is 0 Å². The van der Waals surface area contributed by atoms with Gasteiger partial charge in [-0.1, -0.05) is 86.2 Å². The molecule has 1 spiro atoms. The Morgan fingerprint density at radius 3 is 2.34 bits per heavy atom. The van der Waals surface area contributed by atoms with Crippen LogP contribution in [-0.2, 0) is 20.9 Å². The lowest BCUT2D eigenvalue weighted by molar-refractivity contribution is -0.148. The third-order valence-corrected chi connectivity index (χ3v) is 11.6. The van der Waals surface area contributed by atoms with Gasteiger partial charge in [0.05, 0.1) is 29.2 Å². The number of hydrogen-bond donors (Lipinski definition) is 1. The first-order valence-electron chi connectivity index (χ1n) is 15.8. The zero-order chi connectivity index (χ0) is 31.4. The summed E-state index contributed by atoms with van der Waals surface area (Å²) < 4.78 is -0.751. The number of aliphatic hydroxyl groups is 1. The van der Waals surface area contributed by atoms with Crippen LogP contribution in [0.15, 0.2) is 86.0 Å². The summed E-state index contributed by atoms with van der Waals surface area (Å²) >= 11 is 1.66. The van der Waals surface area contributed by atoms with Crippen LogP contribution in [0.2, 0.25) is 0 Å². The van der Waals surface area contributed by atoms with Crippen LogP contribution in [0.4, 0.5) is 0 Å². The third kappa shape index (κ3) is 5.63. The van der Waals surface area contributed by atoms with Crippen LogP contribution < -0.4 is 0 Å². The second-order valence-electron chi connectivity index (χ2n) is 12.3. The lowest BCUT2D eigenvalue weighted by atomic mass is 9.70. The molecule has 3 aliphatic heterocycles. The summed E-state index contributed by atoms with van der Waals surface area (Å²) in [4.78, 5) is 49.4. The molecule has 2 bridgehead atoms. The molecule has 3 heterocycles. The Morgan fingerprint density at radius 1 is 1.07 bits per heavy atom. The van der Waals surface area contributed by atoms with E-state index in [0.29, 0.717) is 26.1 Å².